The van der Waals surface area contributed by atoms with Gasteiger partial charge in [-0.2, -0.15) is 0 Å². The van der Waals surface area contributed by atoms with Crippen molar-refractivity contribution in [2.24, 2.45) is 0 Å². The Morgan fingerprint density at radius 3 is 2.75 bits per heavy atom. The van der Waals surface area contributed by atoms with E-state index in [9.17, 15) is 14.4 Å². The van der Waals surface area contributed by atoms with Gasteiger partial charge in [0.1, 0.15) is 12.1 Å². The molecule has 0 aliphatic carbocycles. The van der Waals surface area contributed by atoms with Gasteiger partial charge in [0.25, 0.3) is 5.56 Å². The van der Waals surface area contributed by atoms with Crippen LogP contribution in [0.2, 0.25) is 0 Å². The summed E-state index contributed by atoms with van der Waals surface area (Å²) in [7, 11) is 0. The molecule has 2 saturated heterocycles. The first-order valence-electron chi connectivity index (χ1n) is 9.73. The van der Waals surface area contributed by atoms with E-state index in [1.54, 1.807) is 18.2 Å². The van der Waals surface area contributed by atoms with Crippen LogP contribution in [0.1, 0.15) is 46.1 Å². The number of para-hydroxylation sites is 1. The summed E-state index contributed by atoms with van der Waals surface area (Å²) in [5, 5.41) is 0.507. The number of nitrogens with zero attached hydrogens (tertiary/aromatic N) is 3. The van der Waals surface area contributed by atoms with Crippen LogP contribution in [-0.4, -0.2) is 50.4 Å². The number of carbonyl (C=O) groups is 2. The zero-order valence-corrected chi connectivity index (χ0v) is 16.4. The van der Waals surface area contributed by atoms with Crippen molar-refractivity contribution in [2.75, 3.05) is 6.54 Å². The van der Waals surface area contributed by atoms with Crippen LogP contribution in [0.5, 0.6) is 0 Å². The molecule has 1 aromatic heterocycles. The highest BCUT2D eigenvalue weighted by Crippen LogP contribution is 2.41. The van der Waals surface area contributed by atoms with Gasteiger partial charge >= 0.3 is 5.97 Å². The number of Topliss-reactive ketones (excluding diaryl/α,β-unsaturated/α-hetero) is 1. The van der Waals surface area contributed by atoms with Crippen LogP contribution in [0, 0.1) is 0 Å². The Bertz CT molecular complexity index is 997. The van der Waals surface area contributed by atoms with Gasteiger partial charge in [0, 0.05) is 18.9 Å². The predicted molar refractivity (Wildman–Crippen MR) is 104 cm³/mol. The quantitative estimate of drug-likeness (QED) is 0.739. The molecular weight excluding hydrogens is 358 g/mol. The van der Waals surface area contributed by atoms with Crippen molar-refractivity contribution in [1.82, 2.24) is 14.5 Å². The van der Waals surface area contributed by atoms with E-state index < -0.39 is 11.6 Å². The molecule has 7 nitrogen and oxygen atoms in total. The molecule has 2 aromatic rings. The van der Waals surface area contributed by atoms with Crippen LogP contribution in [0.25, 0.3) is 10.9 Å². The molecule has 28 heavy (non-hydrogen) atoms. The Hall–Kier alpha value is -2.54. The van der Waals surface area contributed by atoms with Gasteiger partial charge in [0.05, 0.1) is 23.3 Å². The second-order valence-electron chi connectivity index (χ2n) is 8.25. The summed E-state index contributed by atoms with van der Waals surface area (Å²) in [5.74, 6) is -0.348. The van der Waals surface area contributed by atoms with Gasteiger partial charge in [-0.25, -0.2) is 4.98 Å². The van der Waals surface area contributed by atoms with Crippen molar-refractivity contribution >= 4 is 22.7 Å². The van der Waals surface area contributed by atoms with Gasteiger partial charge in [-0.1, -0.05) is 12.1 Å². The highest BCUT2D eigenvalue weighted by molar-refractivity contribution is 5.86. The van der Waals surface area contributed by atoms with Crippen LogP contribution in [-0.2, 0) is 14.3 Å². The summed E-state index contributed by atoms with van der Waals surface area (Å²) < 4.78 is 6.99. The molecule has 2 fully saturated rings. The van der Waals surface area contributed by atoms with E-state index in [0.29, 0.717) is 10.9 Å². The monoisotopic (exact) mass is 383 g/mol. The molecule has 1 aromatic carbocycles. The van der Waals surface area contributed by atoms with Gasteiger partial charge in [0.2, 0.25) is 0 Å². The molecule has 4 rings (SSSR count). The Labute approximate surface area is 163 Å². The van der Waals surface area contributed by atoms with Gasteiger partial charge in [-0.05, 0) is 45.4 Å². The number of aromatic nitrogens is 2. The third-order valence-corrected chi connectivity index (χ3v) is 6.13. The minimum atomic E-state index is -0.635. The van der Waals surface area contributed by atoms with E-state index in [-0.39, 0.29) is 35.9 Å². The van der Waals surface area contributed by atoms with Gasteiger partial charge < -0.3 is 4.74 Å². The number of hydrogen-bond acceptors (Lipinski definition) is 6. The number of piperidine rings is 2. The fraction of sp³-hybridized carbons (Fsp3) is 0.524. The summed E-state index contributed by atoms with van der Waals surface area (Å²) in [5.41, 5.74) is -0.188. The summed E-state index contributed by atoms with van der Waals surface area (Å²) in [6.45, 7) is 6.17. The molecule has 0 bridgehead atoms. The van der Waals surface area contributed by atoms with Crippen molar-refractivity contribution in [3.8, 4) is 0 Å². The van der Waals surface area contributed by atoms with Crippen molar-refractivity contribution in [1.29, 1.82) is 0 Å². The van der Waals surface area contributed by atoms with Crippen LogP contribution in [0.3, 0.4) is 0 Å². The molecule has 2 aliphatic rings. The number of ether oxygens (including phenoxy) is 1. The van der Waals surface area contributed by atoms with Crippen LogP contribution in [0.4, 0.5) is 0 Å². The molecule has 0 unspecified atom stereocenters. The maximum Gasteiger partial charge on any atom is 0.302 e. The molecule has 3 heterocycles. The molecule has 0 radical (unpaired) electrons. The van der Waals surface area contributed by atoms with Gasteiger partial charge in [-0.3, -0.25) is 23.9 Å². The van der Waals surface area contributed by atoms with Crippen molar-refractivity contribution in [3.05, 3.63) is 40.9 Å². The molecule has 7 heteroatoms. The molecule has 0 N–H and O–H groups in total. The van der Waals surface area contributed by atoms with Crippen LogP contribution in [0.15, 0.2) is 35.4 Å². The maximum absolute atomic E-state index is 13.2. The first-order chi connectivity index (χ1) is 13.3. The summed E-state index contributed by atoms with van der Waals surface area (Å²) >= 11 is 0. The second kappa shape index (κ2) is 6.81. The largest absolute Gasteiger partial charge is 0.461 e. The van der Waals surface area contributed by atoms with Gasteiger partial charge in [-0.15, -0.1) is 0 Å². The Morgan fingerprint density at radius 1 is 1.25 bits per heavy atom. The van der Waals surface area contributed by atoms with Crippen LogP contribution >= 0.6 is 0 Å². The topological polar surface area (TPSA) is 81.5 Å². The SMILES string of the molecule is CC(=O)O[C@H]1CCCN2[C@H]1CC(=O)[C@@H](n1cnc3ccccc3c1=O)C2(C)C. The Morgan fingerprint density at radius 2 is 2.00 bits per heavy atom. The van der Waals surface area contributed by atoms with Gasteiger partial charge in [0.15, 0.2) is 5.78 Å². The third kappa shape index (κ3) is 2.94. The molecule has 2 aliphatic heterocycles. The number of benzene rings is 1. The number of rotatable bonds is 2. The second-order valence-corrected chi connectivity index (χ2v) is 8.25. The zero-order valence-electron chi connectivity index (χ0n) is 16.4. The lowest BCUT2D eigenvalue weighted by molar-refractivity contribution is -0.165. The average molecular weight is 383 g/mol. The standard InChI is InChI=1S/C21H25N3O4/c1-13(25)28-18-9-6-10-24-16(18)11-17(26)19(21(24,2)3)23-12-22-15-8-5-4-7-14(15)20(23)27/h4-5,7-8,12,16,18-19H,6,9-11H2,1-3H3/t16-,18-,19+/m0/s1. The Balaban J connectivity index is 1.76. The molecular formula is C21H25N3O4. The van der Waals surface area contributed by atoms with Crippen LogP contribution < -0.4 is 5.56 Å². The molecule has 0 spiro atoms. The lowest BCUT2D eigenvalue weighted by Crippen LogP contribution is -2.67. The summed E-state index contributed by atoms with van der Waals surface area (Å²) in [6.07, 6.45) is 3.09. The van der Waals surface area contributed by atoms with Crippen molar-refractivity contribution < 1.29 is 14.3 Å². The fourth-order valence-corrected chi connectivity index (χ4v) is 4.96. The number of hydrogen-bond donors (Lipinski definition) is 0. The molecule has 3 atom stereocenters. The number of fused-ring (bicyclic) bond motifs is 2. The minimum absolute atomic E-state index is 0.0236. The predicted octanol–water partition coefficient (Wildman–Crippen LogP) is 2.09. The first kappa shape index (κ1) is 18.8. The number of ketones is 1. The fourth-order valence-electron chi connectivity index (χ4n) is 4.96. The lowest BCUT2D eigenvalue weighted by Gasteiger charge is -2.55. The minimum Gasteiger partial charge on any atom is -0.461 e. The highest BCUT2D eigenvalue weighted by Gasteiger charge is 2.52. The maximum atomic E-state index is 13.2. The molecule has 0 amide bonds. The van der Waals surface area contributed by atoms with E-state index in [2.05, 4.69) is 9.88 Å². The number of esters is 1. The van der Waals surface area contributed by atoms with E-state index in [4.69, 9.17) is 4.74 Å². The molecule has 148 valence electrons. The normalized spacial score (nSPS) is 27.4. The van der Waals surface area contributed by atoms with Crippen molar-refractivity contribution in [2.45, 2.75) is 63.8 Å². The van der Waals surface area contributed by atoms with Crippen molar-refractivity contribution in [3.63, 3.8) is 0 Å². The lowest BCUT2D eigenvalue weighted by atomic mass is 9.76. The van der Waals surface area contributed by atoms with E-state index in [0.717, 1.165) is 19.4 Å². The van der Waals surface area contributed by atoms with E-state index in [1.165, 1.54) is 17.8 Å². The van der Waals surface area contributed by atoms with E-state index in [1.807, 2.05) is 19.9 Å². The first-order valence-corrected chi connectivity index (χ1v) is 9.73. The molecule has 0 saturated carbocycles. The van der Waals surface area contributed by atoms with E-state index >= 15 is 0 Å². The zero-order chi connectivity index (χ0) is 20.1. The smallest absolute Gasteiger partial charge is 0.302 e. The summed E-state index contributed by atoms with van der Waals surface area (Å²) in [6, 6.07) is 6.38. The Kier molecular flexibility index (Phi) is 4.57. The third-order valence-electron chi connectivity index (χ3n) is 6.13. The average Bonchev–Trinajstić information content (AvgIpc) is 2.64. The number of carbonyl (C=O) groups excluding carboxylic acids is 2. The highest BCUT2D eigenvalue weighted by atomic mass is 16.5. The summed E-state index contributed by atoms with van der Waals surface area (Å²) in [4.78, 5) is 44.5.